The number of fused-ring (bicyclic) bond motifs is 1. The molecular formula is C40H51N5O7. The number of methoxy groups -OCH3 is 4. The van der Waals surface area contributed by atoms with Crippen molar-refractivity contribution >= 4 is 28.8 Å². The minimum atomic E-state index is -0.746. The molecule has 1 unspecified atom stereocenters. The van der Waals surface area contributed by atoms with Gasteiger partial charge in [-0.15, -0.1) is 0 Å². The molecule has 3 aromatic carbocycles. The largest absolute Gasteiger partial charge is 0.497 e. The Hall–Kier alpha value is -4.81. The zero-order valence-corrected chi connectivity index (χ0v) is 31.1. The van der Waals surface area contributed by atoms with Crippen molar-refractivity contribution in [3.05, 3.63) is 71.8 Å². The number of nitrogens with zero attached hydrogens (tertiary/aromatic N) is 5. The number of likely N-dealkylation sites (tertiary alicyclic amines) is 1. The van der Waals surface area contributed by atoms with E-state index in [9.17, 15) is 9.59 Å². The molecule has 52 heavy (non-hydrogen) atoms. The van der Waals surface area contributed by atoms with Gasteiger partial charge >= 0.3 is 0 Å². The molecule has 0 saturated carbocycles. The number of carbonyl (C=O) groups is 2. The predicted octanol–water partition coefficient (Wildman–Crippen LogP) is 5.31. The molecule has 0 N–H and O–H groups in total. The van der Waals surface area contributed by atoms with E-state index in [1.165, 1.54) is 26.2 Å². The van der Waals surface area contributed by atoms with Crippen LogP contribution in [0, 0.1) is 5.41 Å². The maximum atomic E-state index is 14.6. The molecule has 4 aromatic rings. The molecule has 2 aliphatic rings. The van der Waals surface area contributed by atoms with Gasteiger partial charge in [0.1, 0.15) is 5.75 Å². The Balaban J connectivity index is 1.20. The third-order valence-electron chi connectivity index (χ3n) is 10.4. The van der Waals surface area contributed by atoms with Gasteiger partial charge in [-0.25, -0.2) is 4.98 Å². The fourth-order valence-electron chi connectivity index (χ4n) is 7.58. The van der Waals surface area contributed by atoms with Crippen LogP contribution in [-0.2, 0) is 22.5 Å². The highest BCUT2D eigenvalue weighted by Crippen LogP contribution is 2.42. The fraction of sp³-hybridized carbons (Fsp3) is 0.475. The van der Waals surface area contributed by atoms with Crippen LogP contribution in [-0.4, -0.2) is 112 Å². The Bertz CT molecular complexity index is 1820. The number of benzene rings is 3. The first-order chi connectivity index (χ1) is 25.3. The third kappa shape index (κ3) is 7.68. The molecule has 12 nitrogen and oxygen atoms in total. The Morgan fingerprint density at radius 3 is 2.29 bits per heavy atom. The summed E-state index contributed by atoms with van der Waals surface area (Å²) in [6, 6.07) is 19.4. The van der Waals surface area contributed by atoms with E-state index in [0.29, 0.717) is 61.8 Å². The molecule has 0 spiro atoms. The second kappa shape index (κ2) is 16.7. The predicted molar refractivity (Wildman–Crippen MR) is 200 cm³/mol. The molecule has 0 aliphatic carbocycles. The summed E-state index contributed by atoms with van der Waals surface area (Å²) in [6.45, 7) is 8.61. The van der Waals surface area contributed by atoms with E-state index in [0.717, 1.165) is 74.0 Å². The van der Waals surface area contributed by atoms with Crippen LogP contribution in [0.1, 0.15) is 42.1 Å². The van der Waals surface area contributed by atoms with E-state index in [-0.39, 0.29) is 11.8 Å². The summed E-state index contributed by atoms with van der Waals surface area (Å²) in [5, 5.41) is 0. The Labute approximate surface area is 306 Å². The van der Waals surface area contributed by atoms with E-state index in [2.05, 4.69) is 32.6 Å². The van der Waals surface area contributed by atoms with Gasteiger partial charge in [-0.3, -0.25) is 14.5 Å². The van der Waals surface area contributed by atoms with Gasteiger partial charge in [0, 0.05) is 44.9 Å². The first-order valence-electron chi connectivity index (χ1n) is 18.1. The van der Waals surface area contributed by atoms with E-state index in [1.54, 1.807) is 19.2 Å². The number of para-hydroxylation sites is 2. The molecule has 1 aromatic heterocycles. The van der Waals surface area contributed by atoms with Gasteiger partial charge in [-0.05, 0) is 87.7 Å². The monoisotopic (exact) mass is 713 g/mol. The molecule has 12 heteroatoms. The Kier molecular flexibility index (Phi) is 11.9. The highest BCUT2D eigenvalue weighted by molar-refractivity contribution is 6.08. The molecular weight excluding hydrogens is 662 g/mol. The number of ether oxygens (including phenoxy) is 5. The molecule has 0 bridgehead atoms. The average Bonchev–Trinajstić information content (AvgIpc) is 3.59. The highest BCUT2D eigenvalue weighted by atomic mass is 16.5. The van der Waals surface area contributed by atoms with Crippen LogP contribution in [0.25, 0.3) is 11.0 Å². The maximum Gasteiger partial charge on any atom is 0.260 e. The Morgan fingerprint density at radius 2 is 1.60 bits per heavy atom. The lowest BCUT2D eigenvalue weighted by molar-refractivity contribution is -0.134. The van der Waals surface area contributed by atoms with Gasteiger partial charge < -0.3 is 38.1 Å². The minimum Gasteiger partial charge on any atom is -0.497 e. The van der Waals surface area contributed by atoms with Crippen LogP contribution < -0.4 is 23.8 Å². The van der Waals surface area contributed by atoms with Crippen LogP contribution >= 0.6 is 0 Å². The molecule has 3 heterocycles. The van der Waals surface area contributed by atoms with Crippen molar-refractivity contribution in [1.29, 1.82) is 0 Å². The first-order valence-corrected chi connectivity index (χ1v) is 18.1. The van der Waals surface area contributed by atoms with Crippen molar-refractivity contribution in [2.24, 2.45) is 5.41 Å². The smallest absolute Gasteiger partial charge is 0.260 e. The summed E-state index contributed by atoms with van der Waals surface area (Å²) in [5.41, 5.74) is 2.70. The highest BCUT2D eigenvalue weighted by Gasteiger charge is 2.49. The zero-order chi connectivity index (χ0) is 36.7. The number of hydrogen-bond acceptors (Lipinski definition) is 10. The SMILES string of the molecule is CCOCCn1c(N2CCCN(CCC3(Cc4ccc(OC)cc4)CCN(C(=O)c4cc(OC)c(OC)c(OC)c4)C3=O)CC2)nc2ccccc21. The maximum absolute atomic E-state index is 14.6. The van der Waals surface area contributed by atoms with Crippen LogP contribution in [0.2, 0.25) is 0 Å². The van der Waals surface area contributed by atoms with Gasteiger partial charge in [0.05, 0.1) is 51.5 Å². The number of aromatic nitrogens is 2. The van der Waals surface area contributed by atoms with Crippen molar-refractivity contribution in [2.45, 2.75) is 39.2 Å². The number of hydrogen-bond donors (Lipinski definition) is 0. The van der Waals surface area contributed by atoms with E-state index < -0.39 is 5.41 Å². The van der Waals surface area contributed by atoms with E-state index >= 15 is 0 Å². The normalized spacial score (nSPS) is 18.1. The fourth-order valence-corrected chi connectivity index (χ4v) is 7.58. The average molecular weight is 714 g/mol. The quantitative estimate of drug-likeness (QED) is 0.119. The second-order valence-electron chi connectivity index (χ2n) is 13.4. The summed E-state index contributed by atoms with van der Waals surface area (Å²) < 4.78 is 29.9. The third-order valence-corrected chi connectivity index (χ3v) is 10.4. The molecule has 2 aliphatic heterocycles. The molecule has 1 atom stereocenters. The molecule has 0 radical (unpaired) electrons. The standard InChI is InChI=1S/C40H51N5O7/c1-6-52-25-24-44-33-11-8-7-10-32(33)41-39(44)43-19-9-18-42(22-23-43)20-16-40(28-29-12-14-31(48-2)15-13-29)17-21-45(38(40)47)37(46)30-26-34(49-3)36(51-5)35(27-30)50-4/h7-8,10-15,26-27H,6,9,16-25,28H2,1-5H3. The Morgan fingerprint density at radius 1 is 0.846 bits per heavy atom. The molecule has 6 rings (SSSR count). The molecule has 2 amide bonds. The van der Waals surface area contributed by atoms with Gasteiger partial charge in [0.15, 0.2) is 11.5 Å². The summed E-state index contributed by atoms with van der Waals surface area (Å²) in [6.07, 6.45) is 2.69. The van der Waals surface area contributed by atoms with Crippen LogP contribution in [0.4, 0.5) is 5.95 Å². The van der Waals surface area contributed by atoms with Crippen molar-refractivity contribution in [3.63, 3.8) is 0 Å². The molecule has 2 fully saturated rings. The van der Waals surface area contributed by atoms with Gasteiger partial charge in [-0.2, -0.15) is 0 Å². The lowest BCUT2D eigenvalue weighted by Gasteiger charge is -2.31. The van der Waals surface area contributed by atoms with E-state index in [1.807, 2.05) is 37.3 Å². The molecule has 2 saturated heterocycles. The van der Waals surface area contributed by atoms with Crippen molar-refractivity contribution in [2.75, 3.05) is 85.8 Å². The van der Waals surface area contributed by atoms with Crippen molar-refractivity contribution in [1.82, 2.24) is 19.4 Å². The summed E-state index contributed by atoms with van der Waals surface area (Å²) in [7, 11) is 6.17. The summed E-state index contributed by atoms with van der Waals surface area (Å²) in [5.74, 6) is 2.32. The van der Waals surface area contributed by atoms with Crippen molar-refractivity contribution in [3.8, 4) is 23.0 Å². The number of carbonyl (C=O) groups excluding carboxylic acids is 2. The number of rotatable bonds is 15. The minimum absolute atomic E-state index is 0.151. The van der Waals surface area contributed by atoms with Crippen LogP contribution in [0.3, 0.4) is 0 Å². The van der Waals surface area contributed by atoms with Crippen molar-refractivity contribution < 1.29 is 33.3 Å². The molecule has 278 valence electrons. The second-order valence-corrected chi connectivity index (χ2v) is 13.4. The van der Waals surface area contributed by atoms with Gasteiger partial charge in [0.25, 0.3) is 5.91 Å². The van der Waals surface area contributed by atoms with E-state index in [4.69, 9.17) is 28.7 Å². The number of imide groups is 1. The van der Waals surface area contributed by atoms with Crippen LogP contribution in [0.15, 0.2) is 60.7 Å². The summed E-state index contributed by atoms with van der Waals surface area (Å²) >= 11 is 0. The number of imidazole rings is 1. The lowest BCUT2D eigenvalue weighted by atomic mass is 9.77. The lowest BCUT2D eigenvalue weighted by Crippen LogP contribution is -2.42. The van der Waals surface area contributed by atoms with Crippen LogP contribution in [0.5, 0.6) is 23.0 Å². The topological polar surface area (TPSA) is 108 Å². The zero-order valence-electron chi connectivity index (χ0n) is 31.1. The summed E-state index contributed by atoms with van der Waals surface area (Å²) in [4.78, 5) is 39.9. The number of anilines is 1. The first kappa shape index (κ1) is 37.0. The van der Waals surface area contributed by atoms with Gasteiger partial charge in [-0.1, -0.05) is 24.3 Å². The number of amides is 2. The van der Waals surface area contributed by atoms with Gasteiger partial charge in [0.2, 0.25) is 17.6 Å².